The highest BCUT2D eigenvalue weighted by atomic mass is 32.1. The molecule has 1 atom stereocenters. The molecular weight excluding hydrogens is 316 g/mol. The van der Waals surface area contributed by atoms with E-state index in [-0.39, 0.29) is 11.6 Å². The second-order valence-electron chi connectivity index (χ2n) is 5.30. The molecule has 6 nitrogen and oxygen atoms in total. The van der Waals surface area contributed by atoms with Crippen molar-refractivity contribution >= 4 is 23.2 Å². The van der Waals surface area contributed by atoms with Crippen LogP contribution >= 0.6 is 11.3 Å². The molecule has 0 aliphatic heterocycles. The van der Waals surface area contributed by atoms with Crippen molar-refractivity contribution in [1.29, 1.82) is 0 Å². The molecule has 1 unspecified atom stereocenters. The maximum Gasteiger partial charge on any atom is 0.326 e. The van der Waals surface area contributed by atoms with Crippen LogP contribution in [0.1, 0.15) is 24.3 Å². The van der Waals surface area contributed by atoms with Gasteiger partial charge in [0.15, 0.2) is 0 Å². The van der Waals surface area contributed by atoms with E-state index in [0.717, 1.165) is 11.3 Å². The summed E-state index contributed by atoms with van der Waals surface area (Å²) in [7, 11) is 1.59. The first-order valence-electron chi connectivity index (χ1n) is 7.06. The summed E-state index contributed by atoms with van der Waals surface area (Å²) in [5.74, 6) is -1.01. The Morgan fingerprint density at radius 2 is 1.91 bits per heavy atom. The molecule has 1 aromatic carbocycles. The Kier molecular flexibility index (Phi) is 5.33. The van der Waals surface area contributed by atoms with Crippen molar-refractivity contribution < 1.29 is 19.4 Å². The molecule has 23 heavy (non-hydrogen) atoms. The number of hydrogen-bond acceptors (Lipinski definition) is 5. The summed E-state index contributed by atoms with van der Waals surface area (Å²) in [6.07, 6.45) is 0. The lowest BCUT2D eigenvalue weighted by Crippen LogP contribution is -2.44. The molecule has 2 N–H and O–H groups in total. The zero-order valence-electron chi connectivity index (χ0n) is 13.1. The van der Waals surface area contributed by atoms with Crippen molar-refractivity contribution in [2.45, 2.75) is 19.9 Å². The molecule has 0 fully saturated rings. The van der Waals surface area contributed by atoms with Crippen LogP contribution < -0.4 is 10.1 Å². The molecule has 2 rings (SSSR count). The van der Waals surface area contributed by atoms with Gasteiger partial charge in [0.1, 0.15) is 22.5 Å². The maximum absolute atomic E-state index is 12.2. The second kappa shape index (κ2) is 7.23. The topological polar surface area (TPSA) is 88.5 Å². The summed E-state index contributed by atoms with van der Waals surface area (Å²) in [6.45, 7) is 3.48. The van der Waals surface area contributed by atoms with Crippen molar-refractivity contribution in [1.82, 2.24) is 10.3 Å². The summed E-state index contributed by atoms with van der Waals surface area (Å²) < 4.78 is 5.10. The Hall–Kier alpha value is -2.41. The number of carbonyl (C=O) groups excluding carboxylic acids is 1. The van der Waals surface area contributed by atoms with Crippen LogP contribution in [0.2, 0.25) is 0 Å². The van der Waals surface area contributed by atoms with Gasteiger partial charge in [-0.25, -0.2) is 9.78 Å². The number of nitrogens with zero attached hydrogens (tertiary/aromatic N) is 1. The van der Waals surface area contributed by atoms with E-state index >= 15 is 0 Å². The molecule has 1 amide bonds. The average molecular weight is 334 g/mol. The van der Waals surface area contributed by atoms with Crippen LogP contribution in [-0.2, 0) is 4.79 Å². The van der Waals surface area contributed by atoms with Crippen LogP contribution in [0.3, 0.4) is 0 Å². The largest absolute Gasteiger partial charge is 0.497 e. The van der Waals surface area contributed by atoms with Crippen molar-refractivity contribution in [2.75, 3.05) is 7.11 Å². The molecule has 122 valence electrons. The monoisotopic (exact) mass is 334 g/mol. The first-order chi connectivity index (χ1) is 10.9. The van der Waals surface area contributed by atoms with E-state index in [1.165, 1.54) is 11.3 Å². The van der Waals surface area contributed by atoms with Crippen molar-refractivity contribution in [3.63, 3.8) is 0 Å². The number of carbonyl (C=O) groups is 2. The zero-order chi connectivity index (χ0) is 17.0. The van der Waals surface area contributed by atoms with E-state index in [4.69, 9.17) is 9.84 Å². The summed E-state index contributed by atoms with van der Waals surface area (Å²) >= 11 is 1.33. The van der Waals surface area contributed by atoms with Gasteiger partial charge in [-0.05, 0) is 30.2 Å². The van der Waals surface area contributed by atoms with Gasteiger partial charge in [-0.1, -0.05) is 13.8 Å². The summed E-state index contributed by atoms with van der Waals surface area (Å²) in [6, 6.07) is 6.40. The van der Waals surface area contributed by atoms with Gasteiger partial charge in [-0.15, -0.1) is 11.3 Å². The highest BCUT2D eigenvalue weighted by molar-refractivity contribution is 7.13. The van der Waals surface area contributed by atoms with Crippen LogP contribution in [0.15, 0.2) is 29.6 Å². The normalized spacial score (nSPS) is 12.0. The molecule has 0 bridgehead atoms. The van der Waals surface area contributed by atoms with E-state index in [0.29, 0.717) is 5.01 Å². The molecule has 1 heterocycles. The number of methoxy groups -OCH3 is 1. The molecule has 0 saturated carbocycles. The fourth-order valence-corrected chi connectivity index (χ4v) is 2.78. The van der Waals surface area contributed by atoms with E-state index in [2.05, 4.69) is 10.3 Å². The molecule has 0 saturated heterocycles. The van der Waals surface area contributed by atoms with Gasteiger partial charge in [0.25, 0.3) is 5.91 Å². The standard InChI is InChI=1S/C16H18N2O4S/c1-9(2)13(16(20)21)18-14(19)12-8-23-15(17-12)10-4-6-11(22-3)7-5-10/h4-9,13H,1-3H3,(H,18,19)(H,20,21). The second-order valence-corrected chi connectivity index (χ2v) is 6.16. The highest BCUT2D eigenvalue weighted by Crippen LogP contribution is 2.25. The van der Waals surface area contributed by atoms with E-state index in [1.54, 1.807) is 26.3 Å². The number of thiazole rings is 1. The SMILES string of the molecule is COc1ccc(-c2nc(C(=O)NC(C(=O)O)C(C)C)cs2)cc1. The number of ether oxygens (including phenoxy) is 1. The first-order valence-corrected chi connectivity index (χ1v) is 7.94. The van der Waals surface area contributed by atoms with E-state index in [1.807, 2.05) is 24.3 Å². The van der Waals surface area contributed by atoms with E-state index in [9.17, 15) is 9.59 Å². The minimum atomic E-state index is -1.06. The van der Waals surface area contributed by atoms with Gasteiger partial charge >= 0.3 is 5.97 Å². The third kappa shape index (κ3) is 4.07. The Balaban J connectivity index is 2.14. The number of nitrogens with one attached hydrogen (secondary N) is 1. The lowest BCUT2D eigenvalue weighted by atomic mass is 10.0. The quantitative estimate of drug-likeness (QED) is 0.848. The third-order valence-corrected chi connectivity index (χ3v) is 4.18. The number of aliphatic carboxylic acids is 1. The molecule has 0 aliphatic carbocycles. The van der Waals surface area contributed by atoms with Gasteiger partial charge in [0.05, 0.1) is 7.11 Å². The highest BCUT2D eigenvalue weighted by Gasteiger charge is 2.25. The van der Waals surface area contributed by atoms with Gasteiger partial charge < -0.3 is 15.2 Å². The minimum absolute atomic E-state index is 0.212. The fourth-order valence-electron chi connectivity index (χ4n) is 1.97. The number of benzene rings is 1. The average Bonchev–Trinajstić information content (AvgIpc) is 3.01. The number of hydrogen-bond donors (Lipinski definition) is 2. The molecule has 0 spiro atoms. The first kappa shape index (κ1) is 17.0. The molecule has 1 aromatic heterocycles. The lowest BCUT2D eigenvalue weighted by Gasteiger charge is -2.16. The fraction of sp³-hybridized carbons (Fsp3) is 0.312. The molecule has 0 radical (unpaired) electrons. The predicted molar refractivity (Wildman–Crippen MR) is 87.8 cm³/mol. The third-order valence-electron chi connectivity index (χ3n) is 3.29. The van der Waals surface area contributed by atoms with Crippen LogP contribution in [0.4, 0.5) is 0 Å². The summed E-state index contributed by atoms with van der Waals surface area (Å²) in [5.41, 5.74) is 1.08. The van der Waals surface area contributed by atoms with Gasteiger partial charge in [0.2, 0.25) is 0 Å². The Morgan fingerprint density at radius 1 is 1.26 bits per heavy atom. The molecule has 7 heteroatoms. The van der Waals surface area contributed by atoms with Gasteiger partial charge in [-0.2, -0.15) is 0 Å². The van der Waals surface area contributed by atoms with E-state index < -0.39 is 17.9 Å². The summed E-state index contributed by atoms with van der Waals surface area (Å²) in [5, 5.41) is 13.9. The van der Waals surface area contributed by atoms with Crippen LogP contribution in [-0.4, -0.2) is 35.1 Å². The Morgan fingerprint density at radius 3 is 2.43 bits per heavy atom. The van der Waals surface area contributed by atoms with Gasteiger partial charge in [0, 0.05) is 10.9 Å². The zero-order valence-corrected chi connectivity index (χ0v) is 13.9. The predicted octanol–water partition coefficient (Wildman–Crippen LogP) is 2.66. The number of carboxylic acids is 1. The smallest absolute Gasteiger partial charge is 0.326 e. The summed E-state index contributed by atoms with van der Waals surface area (Å²) in [4.78, 5) is 27.6. The number of aromatic nitrogens is 1. The van der Waals surface area contributed by atoms with Crippen LogP contribution in [0.25, 0.3) is 10.6 Å². The Labute approximate surface area is 138 Å². The van der Waals surface area contributed by atoms with Crippen LogP contribution in [0.5, 0.6) is 5.75 Å². The molecule has 2 aromatic rings. The van der Waals surface area contributed by atoms with Crippen molar-refractivity contribution in [3.8, 4) is 16.3 Å². The van der Waals surface area contributed by atoms with Gasteiger partial charge in [-0.3, -0.25) is 4.79 Å². The molecule has 0 aliphatic rings. The van der Waals surface area contributed by atoms with Crippen LogP contribution in [0, 0.1) is 5.92 Å². The lowest BCUT2D eigenvalue weighted by molar-refractivity contribution is -0.140. The number of rotatable bonds is 6. The Bertz CT molecular complexity index is 694. The minimum Gasteiger partial charge on any atom is -0.497 e. The van der Waals surface area contributed by atoms with Crippen molar-refractivity contribution in [2.24, 2.45) is 5.92 Å². The molecular formula is C16H18N2O4S. The van der Waals surface area contributed by atoms with Crippen molar-refractivity contribution in [3.05, 3.63) is 35.3 Å². The number of amides is 1. The maximum atomic E-state index is 12.2. The number of carboxylic acid groups (broad SMARTS) is 1.